The minimum absolute atomic E-state index is 0.0262. The maximum atomic E-state index is 13.0. The summed E-state index contributed by atoms with van der Waals surface area (Å²) in [4.78, 5) is 28.8. The summed E-state index contributed by atoms with van der Waals surface area (Å²) in [5.41, 5.74) is 3.51. The van der Waals surface area contributed by atoms with Crippen molar-refractivity contribution in [1.82, 2.24) is 19.7 Å². The molecule has 1 N–H and O–H groups in total. The second-order valence-electron chi connectivity index (χ2n) is 6.68. The Bertz CT molecular complexity index is 1020. The normalized spacial score (nSPS) is 16.0. The summed E-state index contributed by atoms with van der Waals surface area (Å²) in [6.07, 6.45) is 4.59. The van der Waals surface area contributed by atoms with Crippen LogP contribution in [-0.4, -0.2) is 32.1 Å². The fourth-order valence-electron chi connectivity index (χ4n) is 3.62. The smallest absolute Gasteiger partial charge is 0.254 e. The van der Waals surface area contributed by atoms with Gasteiger partial charge in [-0.05, 0) is 23.6 Å². The number of aryl methyl sites for hydroxylation is 1. The van der Waals surface area contributed by atoms with Gasteiger partial charge in [0, 0.05) is 37.8 Å². The van der Waals surface area contributed by atoms with Gasteiger partial charge in [-0.25, -0.2) is 0 Å². The summed E-state index contributed by atoms with van der Waals surface area (Å²) in [5, 5.41) is 4.81. The molecule has 3 heterocycles. The Morgan fingerprint density at radius 2 is 2.00 bits per heavy atom. The van der Waals surface area contributed by atoms with Gasteiger partial charge in [0.2, 0.25) is 5.56 Å². The molecule has 2 aromatic heterocycles. The Balaban J connectivity index is 1.63. The summed E-state index contributed by atoms with van der Waals surface area (Å²) in [6.45, 7) is 0.555. The second kappa shape index (κ2) is 7.04. The number of carbonyl (C=O) groups excluding carboxylic acids is 1. The summed E-state index contributed by atoms with van der Waals surface area (Å²) < 4.78 is 1.76. The predicted molar refractivity (Wildman–Crippen MR) is 103 cm³/mol. The molecule has 6 nitrogen and oxygen atoms in total. The Morgan fingerprint density at radius 1 is 1.19 bits per heavy atom. The average Bonchev–Trinajstić information content (AvgIpc) is 3.13. The molecule has 1 amide bonds. The molecule has 4 rings (SSSR count). The van der Waals surface area contributed by atoms with Gasteiger partial charge in [0.1, 0.15) is 0 Å². The van der Waals surface area contributed by atoms with Gasteiger partial charge in [0.25, 0.3) is 5.91 Å². The van der Waals surface area contributed by atoms with Crippen molar-refractivity contribution in [3.8, 4) is 0 Å². The third kappa shape index (κ3) is 3.28. The molecule has 1 unspecified atom stereocenters. The van der Waals surface area contributed by atoms with Crippen molar-refractivity contribution in [3.63, 3.8) is 0 Å². The van der Waals surface area contributed by atoms with Gasteiger partial charge in [-0.15, -0.1) is 0 Å². The highest BCUT2D eigenvalue weighted by atomic mass is 35.5. The van der Waals surface area contributed by atoms with Crippen molar-refractivity contribution in [2.45, 2.75) is 18.9 Å². The number of nitrogens with one attached hydrogen (secondary N) is 1. The van der Waals surface area contributed by atoms with E-state index in [1.54, 1.807) is 23.1 Å². The third-order valence-corrected chi connectivity index (χ3v) is 5.39. The predicted octanol–water partition coefficient (Wildman–Crippen LogP) is 2.74. The van der Waals surface area contributed by atoms with Crippen LogP contribution >= 0.6 is 11.6 Å². The first-order chi connectivity index (χ1) is 13.0. The molecule has 0 radical (unpaired) electrons. The first-order valence-corrected chi connectivity index (χ1v) is 9.16. The number of fused-ring (bicyclic) bond motifs is 1. The van der Waals surface area contributed by atoms with E-state index in [1.165, 1.54) is 6.07 Å². The number of halogens is 1. The van der Waals surface area contributed by atoms with Crippen LogP contribution in [0.4, 0.5) is 0 Å². The number of aromatic amines is 1. The zero-order valence-electron chi connectivity index (χ0n) is 14.9. The van der Waals surface area contributed by atoms with E-state index >= 15 is 0 Å². The molecule has 1 aromatic carbocycles. The molecule has 3 aromatic rings. The van der Waals surface area contributed by atoms with E-state index in [1.807, 2.05) is 36.2 Å². The van der Waals surface area contributed by atoms with Crippen LogP contribution in [0.25, 0.3) is 0 Å². The number of hydrogen-bond donors (Lipinski definition) is 1. The van der Waals surface area contributed by atoms with Gasteiger partial charge in [-0.1, -0.05) is 35.9 Å². The molecule has 0 spiro atoms. The SMILES string of the molecule is Cn1ncc(Cl)c1CC1c2ccccc2C(=O)N1CCc1ccc(=O)[nH]c1. The average molecular weight is 383 g/mol. The lowest BCUT2D eigenvalue weighted by Crippen LogP contribution is -2.31. The molecule has 1 atom stereocenters. The Kier molecular flexibility index (Phi) is 4.58. The van der Waals surface area contributed by atoms with Crippen LogP contribution in [0.2, 0.25) is 5.02 Å². The number of benzene rings is 1. The summed E-state index contributed by atoms with van der Waals surface area (Å²) in [5.74, 6) is 0.0262. The topological polar surface area (TPSA) is 71.0 Å². The lowest BCUT2D eigenvalue weighted by Gasteiger charge is -2.25. The zero-order valence-corrected chi connectivity index (χ0v) is 15.6. The van der Waals surface area contributed by atoms with Crippen LogP contribution in [0.1, 0.15) is 33.2 Å². The third-order valence-electron chi connectivity index (χ3n) is 5.07. The monoisotopic (exact) mass is 382 g/mol. The molecular formula is C20H19ClN4O2. The van der Waals surface area contributed by atoms with E-state index < -0.39 is 0 Å². The molecule has 0 aliphatic carbocycles. The lowest BCUT2D eigenvalue weighted by molar-refractivity contribution is 0.0725. The number of aromatic nitrogens is 3. The lowest BCUT2D eigenvalue weighted by atomic mass is 10.0. The molecule has 27 heavy (non-hydrogen) atoms. The van der Waals surface area contributed by atoms with E-state index in [0.717, 1.165) is 22.4 Å². The van der Waals surface area contributed by atoms with Crippen LogP contribution in [0, 0.1) is 0 Å². The highest BCUT2D eigenvalue weighted by Crippen LogP contribution is 2.37. The van der Waals surface area contributed by atoms with E-state index in [4.69, 9.17) is 11.6 Å². The number of H-pyrrole nitrogens is 1. The summed E-state index contributed by atoms with van der Waals surface area (Å²) >= 11 is 6.30. The van der Waals surface area contributed by atoms with E-state index in [9.17, 15) is 9.59 Å². The molecule has 7 heteroatoms. The fourth-order valence-corrected chi connectivity index (χ4v) is 3.86. The maximum Gasteiger partial charge on any atom is 0.254 e. The Hall–Kier alpha value is -2.86. The summed E-state index contributed by atoms with van der Waals surface area (Å²) in [6, 6.07) is 10.9. The van der Waals surface area contributed by atoms with E-state index in [2.05, 4.69) is 10.1 Å². The van der Waals surface area contributed by atoms with Gasteiger partial charge < -0.3 is 9.88 Å². The molecule has 0 saturated carbocycles. The highest BCUT2D eigenvalue weighted by molar-refractivity contribution is 6.31. The van der Waals surface area contributed by atoms with Crippen LogP contribution in [0.5, 0.6) is 0 Å². The number of carbonyl (C=O) groups is 1. The molecule has 138 valence electrons. The minimum atomic E-state index is -0.132. The number of amides is 1. The van der Waals surface area contributed by atoms with Crippen LogP contribution in [-0.2, 0) is 19.9 Å². The Labute approximate surface area is 161 Å². The first-order valence-electron chi connectivity index (χ1n) is 8.78. The Morgan fingerprint density at radius 3 is 2.70 bits per heavy atom. The van der Waals surface area contributed by atoms with Crippen LogP contribution < -0.4 is 5.56 Å². The first kappa shape index (κ1) is 17.5. The van der Waals surface area contributed by atoms with E-state index in [0.29, 0.717) is 24.4 Å². The molecular weight excluding hydrogens is 364 g/mol. The van der Waals surface area contributed by atoms with Crippen molar-refractivity contribution in [2.75, 3.05) is 6.54 Å². The molecule has 0 bridgehead atoms. The number of pyridine rings is 1. The van der Waals surface area contributed by atoms with Crippen molar-refractivity contribution < 1.29 is 4.79 Å². The van der Waals surface area contributed by atoms with Gasteiger partial charge in [0.15, 0.2) is 0 Å². The fraction of sp³-hybridized carbons (Fsp3) is 0.250. The highest BCUT2D eigenvalue weighted by Gasteiger charge is 2.36. The van der Waals surface area contributed by atoms with Crippen molar-refractivity contribution >= 4 is 17.5 Å². The standard InChI is InChI=1S/C20H19ClN4O2/c1-24-18(16(21)12-23-24)10-17-14-4-2-3-5-15(14)20(27)25(17)9-8-13-6-7-19(26)22-11-13/h2-7,11-12,17H,8-10H2,1H3,(H,22,26). The van der Waals surface area contributed by atoms with Crippen molar-refractivity contribution in [1.29, 1.82) is 0 Å². The largest absolute Gasteiger partial charge is 0.331 e. The minimum Gasteiger partial charge on any atom is -0.331 e. The quantitative estimate of drug-likeness (QED) is 0.737. The number of rotatable bonds is 5. The molecule has 0 saturated heterocycles. The second-order valence-corrected chi connectivity index (χ2v) is 7.09. The molecule has 1 aliphatic heterocycles. The van der Waals surface area contributed by atoms with Gasteiger partial charge in [-0.2, -0.15) is 5.10 Å². The van der Waals surface area contributed by atoms with Gasteiger partial charge in [-0.3, -0.25) is 14.3 Å². The molecule has 1 aliphatic rings. The van der Waals surface area contributed by atoms with Crippen LogP contribution in [0.3, 0.4) is 0 Å². The van der Waals surface area contributed by atoms with Crippen LogP contribution in [0.15, 0.2) is 53.6 Å². The maximum absolute atomic E-state index is 13.0. The van der Waals surface area contributed by atoms with Crippen molar-refractivity contribution in [2.24, 2.45) is 7.05 Å². The van der Waals surface area contributed by atoms with Gasteiger partial charge >= 0.3 is 0 Å². The summed E-state index contributed by atoms with van der Waals surface area (Å²) in [7, 11) is 1.86. The zero-order chi connectivity index (χ0) is 19.0. The van der Waals surface area contributed by atoms with Crippen molar-refractivity contribution in [3.05, 3.63) is 86.6 Å². The molecule has 0 fully saturated rings. The van der Waals surface area contributed by atoms with Gasteiger partial charge in [0.05, 0.1) is 23.0 Å². The van der Waals surface area contributed by atoms with E-state index in [-0.39, 0.29) is 17.5 Å². The number of nitrogens with zero attached hydrogens (tertiary/aromatic N) is 3. The number of hydrogen-bond acceptors (Lipinski definition) is 3.